The highest BCUT2D eigenvalue weighted by Gasteiger charge is 2.53. The molecule has 0 aliphatic carbocycles. The van der Waals surface area contributed by atoms with Crippen molar-refractivity contribution in [2.24, 2.45) is 0 Å². The highest BCUT2D eigenvalue weighted by Crippen LogP contribution is 2.33. The third-order valence-electron chi connectivity index (χ3n) is 14.9. The van der Waals surface area contributed by atoms with Crippen LogP contribution in [0.4, 0.5) is 0 Å². The summed E-state index contributed by atoms with van der Waals surface area (Å²) in [6, 6.07) is -0.992. The fourth-order valence-corrected chi connectivity index (χ4v) is 9.99. The standard InChI is InChI=1S/C58H105NO18/c1-3-5-7-9-11-13-15-17-19-20-22-24-26-28-30-32-34-36-46(64)59-41(42(63)35-33-31-29-27-25-23-21-18-16-14-12-10-8-6-4-2)40-72-56-52(70)49(67)54(44(38-61)74-56)77-58-53(71)50(68)55(45(39-62)75-58)76-57-51(69)48(66)47(65)43(37-60)73-57/h16,18,25,27,33,35,41-45,47-58,60-63,65-71H,3-15,17,19-24,26,28-32,34,36-40H2,1-2H3,(H,59,64)/b18-16+,27-25+,35-33+. The molecule has 0 spiro atoms. The van der Waals surface area contributed by atoms with Gasteiger partial charge in [-0.1, -0.05) is 179 Å². The summed E-state index contributed by atoms with van der Waals surface area (Å²) in [6.07, 6.45) is 17.0. The van der Waals surface area contributed by atoms with Crippen LogP contribution in [0.1, 0.15) is 194 Å². The number of allylic oxidation sites excluding steroid dienone is 5. The summed E-state index contributed by atoms with van der Waals surface area (Å²) in [5.41, 5.74) is 0. The van der Waals surface area contributed by atoms with Crippen molar-refractivity contribution in [3.8, 4) is 0 Å². The average Bonchev–Trinajstić information content (AvgIpc) is 3.45. The Bertz CT molecular complexity index is 1550. The summed E-state index contributed by atoms with van der Waals surface area (Å²) in [4.78, 5) is 13.3. The molecule has 3 aliphatic rings. The number of unbranched alkanes of at least 4 members (excludes halogenated alkanes) is 23. The van der Waals surface area contributed by atoms with Gasteiger partial charge in [0.2, 0.25) is 5.91 Å². The van der Waals surface area contributed by atoms with E-state index in [-0.39, 0.29) is 18.9 Å². The fourth-order valence-electron chi connectivity index (χ4n) is 9.99. The molecule has 0 saturated carbocycles. The van der Waals surface area contributed by atoms with Gasteiger partial charge in [0.25, 0.3) is 0 Å². The highest BCUT2D eigenvalue weighted by atomic mass is 16.8. The first-order chi connectivity index (χ1) is 37.3. The van der Waals surface area contributed by atoms with Gasteiger partial charge in [0.15, 0.2) is 18.9 Å². The van der Waals surface area contributed by atoms with E-state index in [1.165, 1.54) is 116 Å². The summed E-state index contributed by atoms with van der Waals surface area (Å²) < 4.78 is 34.2. The van der Waals surface area contributed by atoms with E-state index < -0.39 is 124 Å². The zero-order chi connectivity index (χ0) is 56.2. The van der Waals surface area contributed by atoms with Crippen molar-refractivity contribution in [3.05, 3.63) is 36.5 Å². The van der Waals surface area contributed by atoms with Crippen LogP contribution in [0.3, 0.4) is 0 Å². The fraction of sp³-hybridized carbons (Fsp3) is 0.879. The first-order valence-corrected chi connectivity index (χ1v) is 29.7. The van der Waals surface area contributed by atoms with Crippen molar-refractivity contribution in [1.82, 2.24) is 5.32 Å². The van der Waals surface area contributed by atoms with Gasteiger partial charge in [-0.2, -0.15) is 0 Å². The Labute approximate surface area is 460 Å². The lowest BCUT2D eigenvalue weighted by Crippen LogP contribution is -2.66. The number of aliphatic hydroxyl groups is 11. The van der Waals surface area contributed by atoms with Gasteiger partial charge in [-0.3, -0.25) is 4.79 Å². The molecule has 0 bridgehead atoms. The molecule has 0 aromatic heterocycles. The summed E-state index contributed by atoms with van der Waals surface area (Å²) in [7, 11) is 0. The molecule has 17 atom stereocenters. The molecule has 3 rings (SSSR count). The smallest absolute Gasteiger partial charge is 0.220 e. The van der Waals surface area contributed by atoms with E-state index in [9.17, 15) is 61.0 Å². The van der Waals surface area contributed by atoms with E-state index in [0.717, 1.165) is 44.9 Å². The van der Waals surface area contributed by atoms with Crippen LogP contribution in [0.25, 0.3) is 0 Å². The maximum absolute atomic E-state index is 13.3. The first-order valence-electron chi connectivity index (χ1n) is 29.7. The molecule has 1 amide bonds. The Morgan fingerprint density at radius 2 is 0.831 bits per heavy atom. The third-order valence-corrected chi connectivity index (χ3v) is 14.9. The molecule has 17 unspecified atom stereocenters. The van der Waals surface area contributed by atoms with E-state index in [1.54, 1.807) is 6.08 Å². The normalized spacial score (nSPS) is 30.9. The summed E-state index contributed by atoms with van der Waals surface area (Å²) in [5.74, 6) is -0.289. The Balaban J connectivity index is 1.53. The van der Waals surface area contributed by atoms with Crippen LogP contribution in [-0.2, 0) is 33.2 Å². The quantitative estimate of drug-likeness (QED) is 0.0285. The molecule has 19 heteroatoms. The van der Waals surface area contributed by atoms with Crippen molar-refractivity contribution in [2.75, 3.05) is 26.4 Å². The molecule has 19 nitrogen and oxygen atoms in total. The molecule has 0 radical (unpaired) electrons. The van der Waals surface area contributed by atoms with Crippen LogP contribution in [0, 0.1) is 0 Å². The van der Waals surface area contributed by atoms with Crippen molar-refractivity contribution in [3.63, 3.8) is 0 Å². The number of carbonyl (C=O) groups is 1. The van der Waals surface area contributed by atoms with Crippen molar-refractivity contribution in [2.45, 2.75) is 298 Å². The number of amides is 1. The lowest BCUT2D eigenvalue weighted by atomic mass is 9.96. The molecule has 0 aromatic carbocycles. The van der Waals surface area contributed by atoms with E-state index in [4.69, 9.17) is 28.4 Å². The van der Waals surface area contributed by atoms with Gasteiger partial charge in [0, 0.05) is 6.42 Å². The summed E-state index contributed by atoms with van der Waals surface area (Å²) >= 11 is 0. The minimum absolute atomic E-state index is 0.235. The topological polar surface area (TPSA) is 307 Å². The number of nitrogens with one attached hydrogen (secondary N) is 1. The van der Waals surface area contributed by atoms with Crippen molar-refractivity contribution in [1.29, 1.82) is 0 Å². The van der Waals surface area contributed by atoms with E-state index in [2.05, 4.69) is 43.5 Å². The molecular weight excluding hydrogens is 999 g/mol. The molecule has 12 N–H and O–H groups in total. The van der Waals surface area contributed by atoms with Crippen molar-refractivity contribution < 1.29 is 89.4 Å². The number of rotatable bonds is 43. The SMILES string of the molecule is CCCCCCC/C=C/CC/C=C/CC/C=C/C(O)C(COC1OC(CO)C(OC2OC(CO)C(OC3OC(CO)C(O)C(O)C3O)C(O)C2O)C(O)C1O)NC(=O)CCCCCCCCCCCCCCCCCCC. The van der Waals surface area contributed by atoms with Crippen molar-refractivity contribution >= 4 is 5.91 Å². The minimum Gasteiger partial charge on any atom is -0.394 e. The van der Waals surface area contributed by atoms with Gasteiger partial charge < -0.3 is 89.9 Å². The molecule has 3 fully saturated rings. The van der Waals surface area contributed by atoms with E-state index >= 15 is 0 Å². The van der Waals surface area contributed by atoms with Crippen LogP contribution < -0.4 is 5.32 Å². The largest absolute Gasteiger partial charge is 0.394 e. The molecule has 3 aliphatic heterocycles. The molecule has 3 heterocycles. The van der Waals surface area contributed by atoms with Crippen LogP contribution in [0.2, 0.25) is 0 Å². The number of hydrogen-bond donors (Lipinski definition) is 12. The van der Waals surface area contributed by atoms with Gasteiger partial charge in [-0.15, -0.1) is 0 Å². The predicted octanol–water partition coefficient (Wildman–Crippen LogP) is 4.93. The Morgan fingerprint density at radius 3 is 1.30 bits per heavy atom. The predicted molar refractivity (Wildman–Crippen MR) is 291 cm³/mol. The minimum atomic E-state index is -1.98. The van der Waals surface area contributed by atoms with Gasteiger partial charge in [-0.25, -0.2) is 0 Å². The molecule has 3 saturated heterocycles. The molecule has 0 aromatic rings. The lowest BCUT2D eigenvalue weighted by molar-refractivity contribution is -0.379. The van der Waals surface area contributed by atoms with Gasteiger partial charge in [0.1, 0.15) is 73.2 Å². The zero-order valence-electron chi connectivity index (χ0n) is 46.7. The van der Waals surface area contributed by atoms with Gasteiger partial charge in [0.05, 0.1) is 38.6 Å². The van der Waals surface area contributed by atoms with Crippen LogP contribution in [0.5, 0.6) is 0 Å². The van der Waals surface area contributed by atoms with Crippen LogP contribution >= 0.6 is 0 Å². The Kier molecular flexibility index (Phi) is 37.7. The Hall–Kier alpha value is -1.99. The molecule has 450 valence electrons. The molecular formula is C58H105NO18. The Morgan fingerprint density at radius 1 is 0.455 bits per heavy atom. The second kappa shape index (κ2) is 41.9. The number of carbonyl (C=O) groups excluding carboxylic acids is 1. The lowest BCUT2D eigenvalue weighted by Gasteiger charge is -2.48. The molecule has 77 heavy (non-hydrogen) atoms. The van der Waals surface area contributed by atoms with Crippen LogP contribution in [0.15, 0.2) is 36.5 Å². The summed E-state index contributed by atoms with van der Waals surface area (Å²) in [6.45, 7) is 1.67. The van der Waals surface area contributed by atoms with Crippen LogP contribution in [-0.4, -0.2) is 193 Å². The maximum atomic E-state index is 13.3. The number of ether oxygens (including phenoxy) is 6. The monoisotopic (exact) mass is 1100 g/mol. The van der Waals surface area contributed by atoms with Gasteiger partial charge >= 0.3 is 0 Å². The van der Waals surface area contributed by atoms with Gasteiger partial charge in [-0.05, 0) is 44.9 Å². The van der Waals surface area contributed by atoms with E-state index in [1.807, 2.05) is 6.08 Å². The second-order valence-corrected chi connectivity index (χ2v) is 21.4. The zero-order valence-corrected chi connectivity index (χ0v) is 46.7. The summed E-state index contributed by atoms with van der Waals surface area (Å²) in [5, 5.41) is 120. The highest BCUT2D eigenvalue weighted by molar-refractivity contribution is 5.76. The third kappa shape index (κ3) is 26.2. The first kappa shape index (κ1) is 69.3. The second-order valence-electron chi connectivity index (χ2n) is 21.4. The maximum Gasteiger partial charge on any atom is 0.220 e. The number of aliphatic hydroxyl groups excluding tert-OH is 11. The van der Waals surface area contributed by atoms with E-state index in [0.29, 0.717) is 12.8 Å². The average molecular weight is 1100 g/mol. The number of hydrogen-bond acceptors (Lipinski definition) is 18.